The third-order valence-electron chi connectivity index (χ3n) is 2.17. The van der Waals surface area contributed by atoms with E-state index in [2.05, 4.69) is 15.3 Å². The third-order valence-corrected chi connectivity index (χ3v) is 2.73. The van der Waals surface area contributed by atoms with Crippen LogP contribution in [0.1, 0.15) is 0 Å². The maximum absolute atomic E-state index is 10.9. The van der Waals surface area contributed by atoms with Gasteiger partial charge in [0.25, 0.3) is 0 Å². The molecular weight excluding hydrogens is 293 g/mol. The second-order valence-corrected chi connectivity index (χ2v) is 4.31. The van der Waals surface area contributed by atoms with E-state index in [0.29, 0.717) is 15.7 Å². The van der Waals surface area contributed by atoms with Gasteiger partial charge in [-0.1, -0.05) is 23.2 Å². The van der Waals surface area contributed by atoms with Crippen molar-refractivity contribution in [1.29, 1.82) is 0 Å². The summed E-state index contributed by atoms with van der Waals surface area (Å²) in [4.78, 5) is 17.6. The lowest BCUT2D eigenvalue weighted by atomic mass is 10.3. The summed E-state index contributed by atoms with van der Waals surface area (Å²) in [6, 6.07) is 4.67. The summed E-state index contributed by atoms with van der Waals surface area (Å²) in [6.07, 6.45) is 1.02. The Hall–Kier alpha value is -2.12. The molecule has 3 N–H and O–H groups in total. The molecule has 0 saturated heterocycles. The Morgan fingerprint density at radius 2 is 2.11 bits per heavy atom. The van der Waals surface area contributed by atoms with Gasteiger partial charge in [0.2, 0.25) is 11.8 Å². The van der Waals surface area contributed by atoms with Gasteiger partial charge in [0, 0.05) is 5.02 Å². The van der Waals surface area contributed by atoms with E-state index in [1.807, 2.05) is 0 Å². The van der Waals surface area contributed by atoms with Gasteiger partial charge in [0.1, 0.15) is 6.20 Å². The van der Waals surface area contributed by atoms with Crippen LogP contribution in [-0.2, 0) is 0 Å². The molecule has 19 heavy (non-hydrogen) atoms. The highest BCUT2D eigenvalue weighted by Gasteiger charge is 2.17. The van der Waals surface area contributed by atoms with Crippen molar-refractivity contribution in [2.24, 2.45) is 0 Å². The largest absolute Gasteiger partial charge is 0.368 e. The highest BCUT2D eigenvalue weighted by Crippen LogP contribution is 2.31. The van der Waals surface area contributed by atoms with Gasteiger partial charge in [-0.05, 0) is 18.2 Å². The standard InChI is InChI=1S/C10H7Cl2N5O2/c11-5-1-2-6(12)7(3-5)15-9-8(17(18)19)4-14-10(13)16-9/h1-4H,(H3,13,14,15,16). The van der Waals surface area contributed by atoms with Crippen molar-refractivity contribution in [3.63, 3.8) is 0 Å². The van der Waals surface area contributed by atoms with E-state index < -0.39 is 4.92 Å². The topological polar surface area (TPSA) is 107 Å². The van der Waals surface area contributed by atoms with Gasteiger partial charge >= 0.3 is 5.69 Å². The molecule has 0 aliphatic heterocycles. The summed E-state index contributed by atoms with van der Waals surface area (Å²) < 4.78 is 0. The maximum Gasteiger partial charge on any atom is 0.329 e. The van der Waals surface area contributed by atoms with E-state index >= 15 is 0 Å². The van der Waals surface area contributed by atoms with Crippen LogP contribution >= 0.6 is 23.2 Å². The number of halogens is 2. The van der Waals surface area contributed by atoms with E-state index in [9.17, 15) is 10.1 Å². The highest BCUT2D eigenvalue weighted by molar-refractivity contribution is 6.35. The lowest BCUT2D eigenvalue weighted by molar-refractivity contribution is -0.384. The molecule has 0 aliphatic rings. The summed E-state index contributed by atoms with van der Waals surface area (Å²) >= 11 is 11.8. The molecule has 9 heteroatoms. The molecule has 0 amide bonds. The summed E-state index contributed by atoms with van der Waals surface area (Å²) in [5.41, 5.74) is 5.48. The average molecular weight is 300 g/mol. The van der Waals surface area contributed by atoms with Crippen molar-refractivity contribution >= 4 is 46.3 Å². The molecule has 0 spiro atoms. The molecule has 0 saturated carbocycles. The molecule has 7 nitrogen and oxygen atoms in total. The van der Waals surface area contributed by atoms with Crippen molar-refractivity contribution in [2.45, 2.75) is 0 Å². The lowest BCUT2D eigenvalue weighted by Crippen LogP contribution is -2.04. The van der Waals surface area contributed by atoms with E-state index in [1.165, 1.54) is 6.07 Å². The van der Waals surface area contributed by atoms with Crippen LogP contribution in [0.5, 0.6) is 0 Å². The second-order valence-electron chi connectivity index (χ2n) is 3.47. The van der Waals surface area contributed by atoms with E-state index in [0.717, 1.165) is 6.20 Å². The zero-order valence-corrected chi connectivity index (χ0v) is 10.8. The van der Waals surface area contributed by atoms with Gasteiger partial charge in [0.05, 0.1) is 15.6 Å². The number of hydrogen-bond donors (Lipinski definition) is 2. The number of nitrogens with zero attached hydrogens (tertiary/aromatic N) is 3. The molecule has 98 valence electrons. The minimum Gasteiger partial charge on any atom is -0.368 e. The van der Waals surface area contributed by atoms with Crippen molar-refractivity contribution in [1.82, 2.24) is 9.97 Å². The molecule has 1 aromatic heterocycles. The minimum atomic E-state index is -0.625. The number of benzene rings is 1. The number of nitro groups is 1. The van der Waals surface area contributed by atoms with E-state index in [4.69, 9.17) is 28.9 Å². The SMILES string of the molecule is Nc1ncc([N+](=O)[O-])c(Nc2cc(Cl)ccc2Cl)n1. The lowest BCUT2D eigenvalue weighted by Gasteiger charge is -2.08. The summed E-state index contributed by atoms with van der Waals surface area (Å²) in [5, 5.41) is 14.3. The fourth-order valence-electron chi connectivity index (χ4n) is 1.34. The first kappa shape index (κ1) is 13.3. The van der Waals surface area contributed by atoms with Crippen LogP contribution in [-0.4, -0.2) is 14.9 Å². The van der Waals surface area contributed by atoms with Crippen LogP contribution in [0.25, 0.3) is 0 Å². The molecule has 2 rings (SSSR count). The van der Waals surface area contributed by atoms with Crippen molar-refractivity contribution in [2.75, 3.05) is 11.1 Å². The quantitative estimate of drug-likeness (QED) is 0.666. The minimum absolute atomic E-state index is 0.0540. The Labute approximate surface area is 117 Å². The van der Waals surface area contributed by atoms with Crippen LogP contribution in [0.15, 0.2) is 24.4 Å². The number of rotatable bonds is 3. The number of aromatic nitrogens is 2. The van der Waals surface area contributed by atoms with Crippen LogP contribution in [0.2, 0.25) is 10.0 Å². The summed E-state index contributed by atoms with van der Waals surface area (Å²) in [6.45, 7) is 0. The number of nitrogens with one attached hydrogen (secondary N) is 1. The van der Waals surface area contributed by atoms with Crippen molar-refractivity contribution in [3.05, 3.63) is 44.6 Å². The Kier molecular flexibility index (Phi) is 3.68. The zero-order valence-electron chi connectivity index (χ0n) is 9.30. The maximum atomic E-state index is 10.9. The molecule has 0 atom stereocenters. The summed E-state index contributed by atoms with van der Waals surface area (Å²) in [5.74, 6) is -0.145. The predicted molar refractivity (Wildman–Crippen MR) is 72.8 cm³/mol. The van der Waals surface area contributed by atoms with Gasteiger partial charge in [-0.15, -0.1) is 0 Å². The Balaban J connectivity index is 2.45. The number of nitrogen functional groups attached to an aromatic ring is 1. The Morgan fingerprint density at radius 1 is 1.37 bits per heavy atom. The Bertz CT molecular complexity index is 650. The van der Waals surface area contributed by atoms with Gasteiger partial charge in [-0.25, -0.2) is 4.98 Å². The smallest absolute Gasteiger partial charge is 0.329 e. The molecule has 1 aromatic carbocycles. The molecule has 0 bridgehead atoms. The Morgan fingerprint density at radius 3 is 2.79 bits per heavy atom. The second kappa shape index (κ2) is 5.25. The molecule has 0 aliphatic carbocycles. The van der Waals surface area contributed by atoms with Crippen LogP contribution in [0.3, 0.4) is 0 Å². The van der Waals surface area contributed by atoms with Crippen LogP contribution < -0.4 is 11.1 Å². The normalized spacial score (nSPS) is 10.2. The monoisotopic (exact) mass is 299 g/mol. The first-order chi connectivity index (χ1) is 8.97. The molecule has 1 heterocycles. The molecular formula is C10H7Cl2N5O2. The average Bonchev–Trinajstić information content (AvgIpc) is 2.33. The fourth-order valence-corrected chi connectivity index (χ4v) is 1.67. The predicted octanol–water partition coefficient (Wildman–Crippen LogP) is 3.02. The van der Waals surface area contributed by atoms with E-state index in [-0.39, 0.29) is 17.5 Å². The van der Waals surface area contributed by atoms with Crippen molar-refractivity contribution < 1.29 is 4.92 Å². The first-order valence-electron chi connectivity index (χ1n) is 4.96. The van der Waals surface area contributed by atoms with E-state index in [1.54, 1.807) is 12.1 Å². The molecule has 0 fully saturated rings. The van der Waals surface area contributed by atoms with Crippen LogP contribution in [0.4, 0.5) is 23.1 Å². The number of hydrogen-bond acceptors (Lipinski definition) is 6. The number of anilines is 3. The van der Waals surface area contributed by atoms with Gasteiger partial charge in [0.15, 0.2) is 0 Å². The fraction of sp³-hybridized carbons (Fsp3) is 0. The third kappa shape index (κ3) is 3.01. The molecule has 0 radical (unpaired) electrons. The molecule has 0 unspecified atom stereocenters. The van der Waals surface area contributed by atoms with Crippen LogP contribution in [0, 0.1) is 10.1 Å². The molecule has 2 aromatic rings. The number of nitrogens with two attached hydrogens (primary N) is 1. The highest BCUT2D eigenvalue weighted by atomic mass is 35.5. The first-order valence-corrected chi connectivity index (χ1v) is 5.72. The van der Waals surface area contributed by atoms with Gasteiger partial charge < -0.3 is 11.1 Å². The van der Waals surface area contributed by atoms with Gasteiger partial charge in [-0.2, -0.15) is 4.98 Å². The van der Waals surface area contributed by atoms with Crippen molar-refractivity contribution in [3.8, 4) is 0 Å². The zero-order chi connectivity index (χ0) is 14.0. The van der Waals surface area contributed by atoms with Gasteiger partial charge in [-0.3, -0.25) is 10.1 Å². The summed E-state index contributed by atoms with van der Waals surface area (Å²) in [7, 11) is 0.